The molecule has 2 rings (SSSR count). The second kappa shape index (κ2) is 5.32. The number of rotatable bonds is 3. The number of amides is 1. The molecule has 0 aliphatic heterocycles. The van der Waals surface area contributed by atoms with E-state index in [9.17, 15) is 4.79 Å². The Morgan fingerprint density at radius 2 is 2.05 bits per heavy atom. The van der Waals surface area contributed by atoms with Crippen LogP contribution in [0.25, 0.3) is 0 Å². The molecule has 2 aromatic rings. The fraction of sp³-hybridized carbons (Fsp3) is 0.357. The van der Waals surface area contributed by atoms with E-state index in [4.69, 9.17) is 4.52 Å². The van der Waals surface area contributed by atoms with E-state index in [0.717, 1.165) is 5.69 Å². The lowest BCUT2D eigenvalue weighted by Crippen LogP contribution is -2.26. The molecular formula is C14H18N4O2. The van der Waals surface area contributed by atoms with Gasteiger partial charge in [-0.2, -0.15) is 0 Å². The van der Waals surface area contributed by atoms with Crippen LogP contribution in [0.1, 0.15) is 37.0 Å². The molecule has 0 radical (unpaired) electrons. The van der Waals surface area contributed by atoms with Crippen molar-refractivity contribution in [2.45, 2.75) is 33.2 Å². The summed E-state index contributed by atoms with van der Waals surface area (Å²) in [5.74, 6) is 0.691. The van der Waals surface area contributed by atoms with E-state index in [1.54, 1.807) is 25.3 Å². The topological polar surface area (TPSA) is 80.0 Å². The number of carbonyl (C=O) groups is 1. The smallest absolute Gasteiger partial charge is 0.275 e. The average molecular weight is 274 g/mol. The van der Waals surface area contributed by atoms with Gasteiger partial charge in [0.2, 0.25) is 0 Å². The fourth-order valence-corrected chi connectivity index (χ4v) is 1.67. The molecule has 0 aliphatic carbocycles. The van der Waals surface area contributed by atoms with E-state index in [2.05, 4.69) is 20.8 Å². The predicted molar refractivity (Wildman–Crippen MR) is 76.8 cm³/mol. The molecule has 0 fully saturated rings. The molecule has 6 nitrogen and oxygen atoms in total. The Labute approximate surface area is 117 Å². The highest BCUT2D eigenvalue weighted by Crippen LogP contribution is 2.15. The molecule has 0 bridgehead atoms. The van der Waals surface area contributed by atoms with Crippen LogP contribution in [0, 0.1) is 6.92 Å². The number of aromatic nitrogens is 2. The maximum absolute atomic E-state index is 12.1. The van der Waals surface area contributed by atoms with Crippen LogP contribution in [-0.4, -0.2) is 21.6 Å². The van der Waals surface area contributed by atoms with Crippen LogP contribution in [0.3, 0.4) is 0 Å². The number of hydrogen-bond donors (Lipinski definition) is 2. The largest absolute Gasteiger partial charge is 0.380 e. The molecule has 0 aliphatic rings. The Hall–Kier alpha value is -2.37. The highest BCUT2D eigenvalue weighted by Gasteiger charge is 2.13. The van der Waals surface area contributed by atoms with Gasteiger partial charge in [0.25, 0.3) is 5.91 Å². The van der Waals surface area contributed by atoms with E-state index >= 15 is 0 Å². The molecule has 0 saturated heterocycles. The Balaban J connectivity index is 2.12. The molecule has 1 amide bonds. The van der Waals surface area contributed by atoms with Gasteiger partial charge in [-0.1, -0.05) is 5.16 Å². The van der Waals surface area contributed by atoms with Crippen LogP contribution < -0.4 is 10.6 Å². The first-order chi connectivity index (χ1) is 9.33. The van der Waals surface area contributed by atoms with Gasteiger partial charge in [0, 0.05) is 23.5 Å². The van der Waals surface area contributed by atoms with Crippen molar-refractivity contribution >= 4 is 17.4 Å². The zero-order valence-electron chi connectivity index (χ0n) is 12.0. The van der Waals surface area contributed by atoms with Gasteiger partial charge in [-0.15, -0.1) is 0 Å². The normalized spacial score (nSPS) is 11.2. The fourth-order valence-electron chi connectivity index (χ4n) is 1.67. The molecule has 0 saturated carbocycles. The zero-order chi connectivity index (χ0) is 14.8. The van der Waals surface area contributed by atoms with Crippen molar-refractivity contribution in [3.8, 4) is 0 Å². The Morgan fingerprint density at radius 3 is 2.65 bits per heavy atom. The van der Waals surface area contributed by atoms with Crippen molar-refractivity contribution in [1.82, 2.24) is 10.1 Å². The summed E-state index contributed by atoms with van der Waals surface area (Å²) in [5, 5.41) is 9.64. The van der Waals surface area contributed by atoms with E-state index < -0.39 is 0 Å². The molecule has 0 atom stereocenters. The van der Waals surface area contributed by atoms with Crippen LogP contribution in [0.15, 0.2) is 28.9 Å². The highest BCUT2D eigenvalue weighted by atomic mass is 16.5. The minimum absolute atomic E-state index is 0.0850. The lowest BCUT2D eigenvalue weighted by Gasteiger charge is -2.22. The lowest BCUT2D eigenvalue weighted by molar-refractivity contribution is 0.102. The number of hydrogen-bond acceptors (Lipinski definition) is 5. The lowest BCUT2D eigenvalue weighted by atomic mass is 10.1. The highest BCUT2D eigenvalue weighted by molar-refractivity contribution is 6.02. The molecule has 0 spiro atoms. The average Bonchev–Trinajstić information content (AvgIpc) is 2.73. The Bertz CT molecular complexity index is 614. The van der Waals surface area contributed by atoms with E-state index in [1.165, 1.54) is 0 Å². The molecule has 2 aromatic heterocycles. The van der Waals surface area contributed by atoms with E-state index in [1.807, 2.05) is 26.8 Å². The Kier molecular flexibility index (Phi) is 3.74. The van der Waals surface area contributed by atoms with Crippen molar-refractivity contribution in [2.75, 3.05) is 10.6 Å². The number of nitrogens with one attached hydrogen (secondary N) is 2. The van der Waals surface area contributed by atoms with Crippen LogP contribution in [0.5, 0.6) is 0 Å². The Morgan fingerprint density at radius 1 is 1.30 bits per heavy atom. The molecule has 106 valence electrons. The van der Waals surface area contributed by atoms with Gasteiger partial charge in [-0.05, 0) is 39.8 Å². The van der Waals surface area contributed by atoms with E-state index in [-0.39, 0.29) is 11.4 Å². The van der Waals surface area contributed by atoms with Crippen molar-refractivity contribution in [1.29, 1.82) is 0 Å². The third-order valence-corrected chi connectivity index (χ3v) is 2.38. The molecular weight excluding hydrogens is 256 g/mol. The second-order valence-corrected chi connectivity index (χ2v) is 5.58. The number of pyridine rings is 1. The minimum atomic E-state index is -0.323. The predicted octanol–water partition coefficient (Wildman–Crippen LogP) is 2.84. The van der Waals surface area contributed by atoms with Crippen molar-refractivity contribution in [3.63, 3.8) is 0 Å². The van der Waals surface area contributed by atoms with Crippen LogP contribution in [0.2, 0.25) is 0 Å². The monoisotopic (exact) mass is 274 g/mol. The SMILES string of the molecule is Cc1cc(NC(=O)c2cc(NC(C)(C)C)ccn2)no1. The first-order valence-electron chi connectivity index (χ1n) is 6.32. The van der Waals surface area contributed by atoms with Crippen LogP contribution in [-0.2, 0) is 0 Å². The molecule has 6 heteroatoms. The maximum Gasteiger partial charge on any atom is 0.275 e. The standard InChI is InChI=1S/C14H18N4O2/c1-9-7-12(18-20-9)16-13(19)11-8-10(5-6-15-11)17-14(2,3)4/h5-8H,1-4H3,(H,15,17)(H,16,18,19). The van der Waals surface area contributed by atoms with Crippen molar-refractivity contribution in [3.05, 3.63) is 35.9 Å². The van der Waals surface area contributed by atoms with Gasteiger partial charge in [0.15, 0.2) is 5.82 Å². The summed E-state index contributed by atoms with van der Waals surface area (Å²) >= 11 is 0. The zero-order valence-corrected chi connectivity index (χ0v) is 12.0. The number of aryl methyl sites for hydroxylation is 1. The van der Waals surface area contributed by atoms with Crippen LogP contribution >= 0.6 is 0 Å². The van der Waals surface area contributed by atoms with Gasteiger partial charge in [0.05, 0.1) is 0 Å². The number of nitrogens with zero attached hydrogens (tertiary/aromatic N) is 2. The van der Waals surface area contributed by atoms with Crippen LogP contribution in [0.4, 0.5) is 11.5 Å². The third-order valence-electron chi connectivity index (χ3n) is 2.38. The second-order valence-electron chi connectivity index (χ2n) is 5.58. The molecule has 20 heavy (non-hydrogen) atoms. The summed E-state index contributed by atoms with van der Waals surface area (Å²) in [4.78, 5) is 16.1. The van der Waals surface area contributed by atoms with Crippen molar-refractivity contribution in [2.24, 2.45) is 0 Å². The van der Waals surface area contributed by atoms with Gasteiger partial charge in [0.1, 0.15) is 11.5 Å². The van der Waals surface area contributed by atoms with E-state index in [0.29, 0.717) is 17.3 Å². The first kappa shape index (κ1) is 14.0. The molecule has 2 N–H and O–H groups in total. The third kappa shape index (κ3) is 3.81. The first-order valence-corrected chi connectivity index (χ1v) is 6.32. The summed E-state index contributed by atoms with van der Waals surface area (Å²) < 4.78 is 4.89. The minimum Gasteiger partial charge on any atom is -0.380 e. The summed E-state index contributed by atoms with van der Waals surface area (Å²) in [7, 11) is 0. The molecule has 0 unspecified atom stereocenters. The molecule has 2 heterocycles. The molecule has 0 aromatic carbocycles. The van der Waals surface area contributed by atoms with Gasteiger partial charge in [-0.3, -0.25) is 9.78 Å². The van der Waals surface area contributed by atoms with Gasteiger partial charge in [-0.25, -0.2) is 0 Å². The summed E-state index contributed by atoms with van der Waals surface area (Å²) in [6.07, 6.45) is 1.59. The summed E-state index contributed by atoms with van der Waals surface area (Å²) in [6.45, 7) is 7.90. The van der Waals surface area contributed by atoms with Gasteiger partial charge < -0.3 is 15.2 Å². The quantitative estimate of drug-likeness (QED) is 0.899. The van der Waals surface area contributed by atoms with Crippen molar-refractivity contribution < 1.29 is 9.32 Å². The number of anilines is 2. The summed E-state index contributed by atoms with van der Waals surface area (Å²) in [5.41, 5.74) is 1.08. The number of carbonyl (C=O) groups excluding carboxylic acids is 1. The summed E-state index contributed by atoms with van der Waals surface area (Å²) in [6, 6.07) is 5.17. The van der Waals surface area contributed by atoms with Gasteiger partial charge >= 0.3 is 0 Å². The maximum atomic E-state index is 12.1.